The Morgan fingerprint density at radius 1 is 1.19 bits per heavy atom. The molecule has 0 aliphatic heterocycles. The highest BCUT2D eigenvalue weighted by atomic mass is 35.5. The molecule has 1 aliphatic rings. The maximum Gasteiger partial charge on any atom is 0.0575 e. The van der Waals surface area contributed by atoms with Gasteiger partial charge in [-0.25, -0.2) is 0 Å². The smallest absolute Gasteiger partial charge is 0.0575 e. The Hall–Kier alpha value is 0.210. The molecule has 1 saturated carbocycles. The Morgan fingerprint density at radius 2 is 1.81 bits per heavy atom. The molecule has 0 aromatic carbocycles. The monoisotopic (exact) mass is 249 g/mol. The fourth-order valence-electron chi connectivity index (χ4n) is 1.97. The second-order valence-electron chi connectivity index (χ2n) is 5.87. The summed E-state index contributed by atoms with van der Waals surface area (Å²) >= 11 is 0. The van der Waals surface area contributed by atoms with Crippen LogP contribution in [-0.2, 0) is 4.74 Å². The molecule has 0 atom stereocenters. The van der Waals surface area contributed by atoms with Crippen LogP contribution >= 0.6 is 12.4 Å². The lowest BCUT2D eigenvalue weighted by Gasteiger charge is -2.19. The lowest BCUT2D eigenvalue weighted by molar-refractivity contribution is 0.0566. The summed E-state index contributed by atoms with van der Waals surface area (Å²) in [6.45, 7) is 9.89. The van der Waals surface area contributed by atoms with Gasteiger partial charge in [-0.1, -0.05) is 33.6 Å². The molecule has 2 nitrogen and oxygen atoms in total. The third-order valence-corrected chi connectivity index (χ3v) is 2.81. The molecular weight excluding hydrogens is 222 g/mol. The molecule has 0 unspecified atom stereocenters. The van der Waals surface area contributed by atoms with E-state index < -0.39 is 0 Å². The van der Waals surface area contributed by atoms with E-state index >= 15 is 0 Å². The highest BCUT2D eigenvalue weighted by Crippen LogP contribution is 2.20. The minimum atomic E-state index is 0. The quantitative estimate of drug-likeness (QED) is 0.729. The van der Waals surface area contributed by atoms with Crippen LogP contribution in [0.4, 0.5) is 0 Å². The van der Waals surface area contributed by atoms with Gasteiger partial charge < -0.3 is 10.1 Å². The van der Waals surface area contributed by atoms with Crippen molar-refractivity contribution in [1.29, 1.82) is 0 Å². The number of halogens is 1. The Bertz CT molecular complexity index is 162. The highest BCUT2D eigenvalue weighted by Gasteiger charge is 2.14. The molecule has 0 aromatic heterocycles. The predicted octanol–water partition coefficient (Wildman–Crippen LogP) is 3.39. The second kappa shape index (κ2) is 8.32. The normalized spacial score (nSPS) is 17.4. The van der Waals surface area contributed by atoms with E-state index in [1.54, 1.807) is 0 Å². The van der Waals surface area contributed by atoms with Gasteiger partial charge in [0.25, 0.3) is 0 Å². The first-order valence-electron chi connectivity index (χ1n) is 6.40. The van der Waals surface area contributed by atoms with Gasteiger partial charge in [0.15, 0.2) is 0 Å². The minimum Gasteiger partial charge on any atom is -0.378 e. The van der Waals surface area contributed by atoms with Crippen LogP contribution in [0.3, 0.4) is 0 Å². The molecule has 1 N–H and O–H groups in total. The number of rotatable bonds is 6. The maximum absolute atomic E-state index is 5.80. The number of hydrogen-bond acceptors (Lipinski definition) is 2. The van der Waals surface area contributed by atoms with E-state index in [2.05, 4.69) is 26.1 Å². The van der Waals surface area contributed by atoms with Gasteiger partial charge >= 0.3 is 0 Å². The predicted molar refractivity (Wildman–Crippen MR) is 72.4 cm³/mol. The third kappa shape index (κ3) is 8.37. The van der Waals surface area contributed by atoms with Crippen molar-refractivity contribution in [2.45, 2.75) is 59.0 Å². The molecule has 0 aromatic rings. The van der Waals surface area contributed by atoms with Gasteiger partial charge in [0.05, 0.1) is 6.10 Å². The zero-order chi connectivity index (χ0) is 11.1. The molecular formula is C13H28ClNO. The molecule has 1 rings (SSSR count). The van der Waals surface area contributed by atoms with E-state index in [1.807, 2.05) is 0 Å². The summed E-state index contributed by atoms with van der Waals surface area (Å²) in [6.07, 6.45) is 7.03. The van der Waals surface area contributed by atoms with Gasteiger partial charge in [0.1, 0.15) is 0 Å². The molecule has 0 amide bonds. The fraction of sp³-hybridized carbons (Fsp3) is 1.00. The Labute approximate surface area is 107 Å². The Balaban J connectivity index is 0.00000225. The fourth-order valence-corrected chi connectivity index (χ4v) is 1.97. The van der Waals surface area contributed by atoms with Gasteiger partial charge in [-0.05, 0) is 37.8 Å². The number of nitrogens with one attached hydrogen (secondary N) is 1. The lowest BCUT2D eigenvalue weighted by atomic mass is 9.97. The number of ether oxygens (including phenoxy) is 1. The summed E-state index contributed by atoms with van der Waals surface area (Å²) in [5.41, 5.74) is 0.395. The molecule has 3 heteroatoms. The molecule has 0 spiro atoms. The van der Waals surface area contributed by atoms with Gasteiger partial charge in [-0.15, -0.1) is 12.4 Å². The van der Waals surface area contributed by atoms with E-state index in [-0.39, 0.29) is 12.4 Å². The van der Waals surface area contributed by atoms with Crippen LogP contribution in [0.5, 0.6) is 0 Å². The SMILES string of the molecule is CC(C)(C)CNCCCOC1CCCC1.Cl. The van der Waals surface area contributed by atoms with Gasteiger partial charge in [-0.3, -0.25) is 0 Å². The first-order chi connectivity index (χ1) is 7.08. The van der Waals surface area contributed by atoms with E-state index in [9.17, 15) is 0 Å². The average molecular weight is 250 g/mol. The second-order valence-corrected chi connectivity index (χ2v) is 5.87. The van der Waals surface area contributed by atoms with Crippen LogP contribution in [0.25, 0.3) is 0 Å². The van der Waals surface area contributed by atoms with E-state index in [1.165, 1.54) is 25.7 Å². The lowest BCUT2D eigenvalue weighted by Crippen LogP contribution is -2.28. The van der Waals surface area contributed by atoms with Crippen LogP contribution in [0.2, 0.25) is 0 Å². The summed E-state index contributed by atoms with van der Waals surface area (Å²) in [4.78, 5) is 0. The number of hydrogen-bond donors (Lipinski definition) is 1. The van der Waals surface area contributed by atoms with Crippen LogP contribution in [0, 0.1) is 5.41 Å². The van der Waals surface area contributed by atoms with Crippen molar-refractivity contribution in [1.82, 2.24) is 5.32 Å². The summed E-state index contributed by atoms with van der Waals surface area (Å²) < 4.78 is 5.80. The molecule has 1 fully saturated rings. The summed E-state index contributed by atoms with van der Waals surface area (Å²) in [5, 5.41) is 3.47. The molecule has 0 saturated heterocycles. The van der Waals surface area contributed by atoms with Crippen LogP contribution in [0.15, 0.2) is 0 Å². The molecule has 0 heterocycles. The van der Waals surface area contributed by atoms with Crippen LogP contribution in [0.1, 0.15) is 52.9 Å². The standard InChI is InChI=1S/C13H27NO.ClH/c1-13(2,3)11-14-9-6-10-15-12-7-4-5-8-12;/h12,14H,4-11H2,1-3H3;1H. The zero-order valence-corrected chi connectivity index (χ0v) is 11.9. The summed E-state index contributed by atoms with van der Waals surface area (Å²) in [7, 11) is 0. The highest BCUT2D eigenvalue weighted by molar-refractivity contribution is 5.85. The molecule has 1 aliphatic carbocycles. The van der Waals surface area contributed by atoms with Crippen molar-refractivity contribution in [3.63, 3.8) is 0 Å². The topological polar surface area (TPSA) is 21.3 Å². The molecule has 98 valence electrons. The van der Waals surface area contributed by atoms with Crippen molar-refractivity contribution in [3.8, 4) is 0 Å². The van der Waals surface area contributed by atoms with Crippen LogP contribution in [-0.4, -0.2) is 25.8 Å². The molecule has 0 bridgehead atoms. The molecule has 16 heavy (non-hydrogen) atoms. The van der Waals surface area contributed by atoms with Crippen molar-refractivity contribution in [3.05, 3.63) is 0 Å². The first-order valence-corrected chi connectivity index (χ1v) is 6.40. The van der Waals surface area contributed by atoms with E-state index in [0.717, 1.165) is 26.1 Å². The Kier molecular flexibility index (Phi) is 8.43. The minimum absolute atomic E-state index is 0. The van der Waals surface area contributed by atoms with Crippen molar-refractivity contribution < 1.29 is 4.74 Å². The zero-order valence-electron chi connectivity index (χ0n) is 11.1. The largest absolute Gasteiger partial charge is 0.378 e. The average Bonchev–Trinajstić information content (AvgIpc) is 2.61. The van der Waals surface area contributed by atoms with Crippen molar-refractivity contribution >= 4 is 12.4 Å². The Morgan fingerprint density at radius 3 is 2.38 bits per heavy atom. The van der Waals surface area contributed by atoms with E-state index in [0.29, 0.717) is 11.5 Å². The summed E-state index contributed by atoms with van der Waals surface area (Å²) in [6, 6.07) is 0. The van der Waals surface area contributed by atoms with Crippen LogP contribution < -0.4 is 5.32 Å². The van der Waals surface area contributed by atoms with Gasteiger partial charge in [-0.2, -0.15) is 0 Å². The van der Waals surface area contributed by atoms with E-state index in [4.69, 9.17) is 4.74 Å². The molecule has 0 radical (unpaired) electrons. The van der Waals surface area contributed by atoms with Crippen molar-refractivity contribution in [2.24, 2.45) is 5.41 Å². The maximum atomic E-state index is 5.80. The first kappa shape index (κ1) is 16.2. The van der Waals surface area contributed by atoms with Crippen molar-refractivity contribution in [2.75, 3.05) is 19.7 Å². The third-order valence-electron chi connectivity index (χ3n) is 2.81. The summed E-state index contributed by atoms with van der Waals surface area (Å²) in [5.74, 6) is 0. The van der Waals surface area contributed by atoms with Gasteiger partial charge in [0.2, 0.25) is 0 Å². The van der Waals surface area contributed by atoms with Gasteiger partial charge in [0, 0.05) is 6.61 Å².